The summed E-state index contributed by atoms with van der Waals surface area (Å²) in [7, 11) is 1.74. The molecule has 124 valence electrons. The van der Waals surface area contributed by atoms with Gasteiger partial charge in [-0.3, -0.25) is 4.57 Å². The van der Waals surface area contributed by atoms with Crippen LogP contribution in [0.4, 0.5) is 5.82 Å². The summed E-state index contributed by atoms with van der Waals surface area (Å²) in [5.74, 6) is 2.51. The van der Waals surface area contributed by atoms with Crippen LogP contribution in [0.1, 0.15) is 36.7 Å². The first kappa shape index (κ1) is 15.4. The predicted molar refractivity (Wildman–Crippen MR) is 91.4 cm³/mol. The number of pyridine rings is 1. The second-order valence-corrected chi connectivity index (χ2v) is 7.43. The van der Waals surface area contributed by atoms with Crippen LogP contribution in [0, 0.1) is 23.2 Å². The van der Waals surface area contributed by atoms with Gasteiger partial charge in [0.1, 0.15) is 11.9 Å². The van der Waals surface area contributed by atoms with Gasteiger partial charge >= 0.3 is 5.69 Å². The predicted octanol–water partition coefficient (Wildman–Crippen LogP) is 2.12. The fraction of sp³-hybridized carbons (Fsp3) is 0.500. The molecule has 1 saturated carbocycles. The Morgan fingerprint density at radius 2 is 2.21 bits per heavy atom. The number of hydrogen-bond acceptors (Lipinski definition) is 5. The number of anilines is 1. The van der Waals surface area contributed by atoms with Crippen molar-refractivity contribution in [2.75, 3.05) is 11.4 Å². The van der Waals surface area contributed by atoms with Crippen molar-refractivity contribution < 1.29 is 0 Å². The molecule has 2 aromatic rings. The van der Waals surface area contributed by atoms with Crippen molar-refractivity contribution in [3.8, 4) is 6.07 Å². The van der Waals surface area contributed by atoms with Gasteiger partial charge in [0.25, 0.3) is 0 Å². The Hall–Kier alpha value is -2.14. The average molecular weight is 389 g/mol. The van der Waals surface area contributed by atoms with Crippen LogP contribution < -0.4 is 10.6 Å². The summed E-state index contributed by atoms with van der Waals surface area (Å²) in [6.07, 6.45) is 5.19. The highest BCUT2D eigenvalue weighted by atomic mass is 79.9. The third kappa shape index (κ3) is 2.44. The standard InChI is InChI=1S/C16H17BrN6O/c1-22-15(20-21-16(22)24)13-12(9-2-3-9)4-5-23(13)14-10(7-18)6-11(17)8-19-14/h6,8-9,12-13H,2-5H2,1H3,(H,21,24). The van der Waals surface area contributed by atoms with E-state index in [1.54, 1.807) is 23.9 Å². The molecule has 0 spiro atoms. The van der Waals surface area contributed by atoms with Crippen LogP contribution in [0.5, 0.6) is 0 Å². The summed E-state index contributed by atoms with van der Waals surface area (Å²) in [5.41, 5.74) is 0.321. The molecule has 24 heavy (non-hydrogen) atoms. The Morgan fingerprint density at radius 1 is 1.42 bits per heavy atom. The van der Waals surface area contributed by atoms with E-state index in [2.05, 4.69) is 42.1 Å². The average Bonchev–Trinajstić information content (AvgIpc) is 3.26. The van der Waals surface area contributed by atoms with Crippen molar-refractivity contribution >= 4 is 21.7 Å². The molecule has 0 radical (unpaired) electrons. The van der Waals surface area contributed by atoms with Gasteiger partial charge in [0.2, 0.25) is 0 Å². The molecule has 1 aliphatic carbocycles. The van der Waals surface area contributed by atoms with Crippen LogP contribution in [0.25, 0.3) is 0 Å². The van der Waals surface area contributed by atoms with Gasteiger partial charge in [-0.05, 0) is 53.1 Å². The van der Waals surface area contributed by atoms with Crippen molar-refractivity contribution in [1.29, 1.82) is 5.26 Å². The summed E-state index contributed by atoms with van der Waals surface area (Å²) in [6.45, 7) is 0.816. The molecule has 2 aliphatic rings. The molecule has 2 aromatic heterocycles. The fourth-order valence-electron chi connectivity index (χ4n) is 3.77. The van der Waals surface area contributed by atoms with E-state index < -0.39 is 0 Å². The van der Waals surface area contributed by atoms with E-state index in [9.17, 15) is 10.1 Å². The SMILES string of the molecule is Cn1c(C2C(C3CC3)CCN2c2ncc(Br)cc2C#N)n[nH]c1=O. The Kier molecular flexibility index (Phi) is 3.68. The zero-order valence-electron chi connectivity index (χ0n) is 13.2. The van der Waals surface area contributed by atoms with E-state index in [1.807, 2.05) is 0 Å². The van der Waals surface area contributed by atoms with Gasteiger partial charge in [0.05, 0.1) is 11.6 Å². The highest BCUT2D eigenvalue weighted by Gasteiger charge is 2.46. The van der Waals surface area contributed by atoms with Gasteiger partial charge in [-0.15, -0.1) is 0 Å². The first-order valence-electron chi connectivity index (χ1n) is 8.03. The van der Waals surface area contributed by atoms with Crippen molar-refractivity contribution in [2.24, 2.45) is 18.9 Å². The Balaban J connectivity index is 1.81. The molecule has 0 aromatic carbocycles. The number of aromatic nitrogens is 4. The molecule has 1 aliphatic heterocycles. The van der Waals surface area contributed by atoms with Gasteiger partial charge in [-0.2, -0.15) is 10.4 Å². The zero-order chi connectivity index (χ0) is 16.8. The zero-order valence-corrected chi connectivity index (χ0v) is 14.8. The molecule has 0 amide bonds. The lowest BCUT2D eigenvalue weighted by atomic mass is 9.94. The van der Waals surface area contributed by atoms with Gasteiger partial charge in [-0.1, -0.05) is 0 Å². The minimum absolute atomic E-state index is 0.0257. The normalized spacial score (nSPS) is 23.5. The fourth-order valence-corrected chi connectivity index (χ4v) is 4.10. The molecular weight excluding hydrogens is 372 g/mol. The van der Waals surface area contributed by atoms with Crippen LogP contribution in [-0.4, -0.2) is 26.3 Å². The second kappa shape index (κ2) is 5.74. The van der Waals surface area contributed by atoms with Crippen LogP contribution in [0.2, 0.25) is 0 Å². The summed E-state index contributed by atoms with van der Waals surface area (Å²) in [5, 5.41) is 16.3. The van der Waals surface area contributed by atoms with E-state index in [1.165, 1.54) is 12.8 Å². The molecule has 3 heterocycles. The lowest BCUT2D eigenvalue weighted by Crippen LogP contribution is -2.31. The van der Waals surface area contributed by atoms with Crippen molar-refractivity contribution in [1.82, 2.24) is 19.7 Å². The van der Waals surface area contributed by atoms with Gasteiger partial charge < -0.3 is 4.90 Å². The van der Waals surface area contributed by atoms with E-state index in [0.717, 1.165) is 23.3 Å². The van der Waals surface area contributed by atoms with Crippen molar-refractivity contribution in [3.63, 3.8) is 0 Å². The van der Waals surface area contributed by atoms with E-state index in [0.29, 0.717) is 23.2 Å². The summed E-state index contributed by atoms with van der Waals surface area (Å²) >= 11 is 3.37. The number of hydrogen-bond donors (Lipinski definition) is 1. The second-order valence-electron chi connectivity index (χ2n) is 6.51. The molecule has 2 atom stereocenters. The van der Waals surface area contributed by atoms with Crippen LogP contribution in [0.3, 0.4) is 0 Å². The third-order valence-corrected chi connectivity index (χ3v) is 5.51. The Morgan fingerprint density at radius 3 is 2.83 bits per heavy atom. The van der Waals surface area contributed by atoms with Gasteiger partial charge in [-0.25, -0.2) is 14.9 Å². The van der Waals surface area contributed by atoms with Crippen LogP contribution in [-0.2, 0) is 7.05 Å². The highest BCUT2D eigenvalue weighted by Crippen LogP contribution is 2.51. The minimum Gasteiger partial charge on any atom is -0.345 e. The molecule has 8 heteroatoms. The minimum atomic E-state index is -0.212. The first-order valence-corrected chi connectivity index (χ1v) is 8.83. The van der Waals surface area contributed by atoms with Crippen LogP contribution >= 0.6 is 15.9 Å². The number of rotatable bonds is 3. The van der Waals surface area contributed by atoms with Crippen molar-refractivity contribution in [2.45, 2.75) is 25.3 Å². The maximum absolute atomic E-state index is 11.9. The maximum Gasteiger partial charge on any atom is 0.343 e. The molecule has 1 saturated heterocycles. The Bertz CT molecular complexity index is 877. The topological polar surface area (TPSA) is 90.6 Å². The summed E-state index contributed by atoms with van der Waals surface area (Å²) in [4.78, 5) is 18.5. The molecule has 0 bridgehead atoms. The largest absolute Gasteiger partial charge is 0.345 e. The molecular formula is C16H17BrN6O. The molecule has 1 N–H and O–H groups in total. The number of nitriles is 1. The molecule has 4 rings (SSSR count). The Labute approximate surface area is 147 Å². The number of halogens is 1. The molecule has 2 unspecified atom stereocenters. The number of nitrogens with zero attached hydrogens (tertiary/aromatic N) is 5. The van der Waals surface area contributed by atoms with Gasteiger partial charge in [0, 0.05) is 24.3 Å². The van der Waals surface area contributed by atoms with Gasteiger partial charge in [0.15, 0.2) is 5.82 Å². The van der Waals surface area contributed by atoms with E-state index >= 15 is 0 Å². The van der Waals surface area contributed by atoms with Crippen molar-refractivity contribution in [3.05, 3.63) is 38.6 Å². The quantitative estimate of drug-likeness (QED) is 0.869. The summed E-state index contributed by atoms with van der Waals surface area (Å²) in [6, 6.07) is 3.99. The smallest absolute Gasteiger partial charge is 0.343 e. The van der Waals surface area contributed by atoms with E-state index in [-0.39, 0.29) is 11.7 Å². The first-order chi connectivity index (χ1) is 11.6. The van der Waals surface area contributed by atoms with Crippen LogP contribution in [0.15, 0.2) is 21.5 Å². The monoisotopic (exact) mass is 388 g/mol. The third-order valence-electron chi connectivity index (χ3n) is 5.08. The highest BCUT2D eigenvalue weighted by molar-refractivity contribution is 9.10. The lowest BCUT2D eigenvalue weighted by Gasteiger charge is -2.28. The number of nitrogens with one attached hydrogen (secondary N) is 1. The lowest BCUT2D eigenvalue weighted by molar-refractivity contribution is 0.405. The number of H-pyrrole nitrogens is 1. The number of aromatic amines is 1. The molecule has 7 nitrogen and oxygen atoms in total. The summed E-state index contributed by atoms with van der Waals surface area (Å²) < 4.78 is 2.35. The van der Waals surface area contributed by atoms with E-state index in [4.69, 9.17) is 0 Å². The maximum atomic E-state index is 11.9. The molecule has 2 fully saturated rings.